The molecule has 0 spiro atoms. The molecule has 0 aromatic carbocycles. The molecule has 76 valence electrons. The van der Waals surface area contributed by atoms with Crippen molar-refractivity contribution in [3.05, 3.63) is 18.2 Å². The zero-order chi connectivity index (χ0) is 9.97. The van der Waals surface area contributed by atoms with E-state index in [1.165, 1.54) is 0 Å². The van der Waals surface area contributed by atoms with Gasteiger partial charge in [0.1, 0.15) is 5.69 Å². The van der Waals surface area contributed by atoms with E-state index in [0.717, 1.165) is 26.2 Å². The van der Waals surface area contributed by atoms with Gasteiger partial charge in [-0.2, -0.15) is 0 Å². The predicted molar refractivity (Wildman–Crippen MR) is 52.0 cm³/mol. The number of aryl methyl sites for hydroxylation is 1. The normalized spacial score (nSPS) is 17.1. The van der Waals surface area contributed by atoms with Crippen LogP contribution in [0.1, 0.15) is 10.5 Å². The van der Waals surface area contributed by atoms with Gasteiger partial charge in [0.25, 0.3) is 5.91 Å². The molecule has 14 heavy (non-hydrogen) atoms. The third-order valence-electron chi connectivity index (χ3n) is 2.44. The van der Waals surface area contributed by atoms with Crippen LogP contribution in [-0.4, -0.2) is 46.5 Å². The van der Waals surface area contributed by atoms with E-state index in [0.29, 0.717) is 5.69 Å². The van der Waals surface area contributed by atoms with Crippen LogP contribution in [-0.2, 0) is 7.05 Å². The minimum absolute atomic E-state index is 0.0755. The van der Waals surface area contributed by atoms with Gasteiger partial charge in [-0.25, -0.2) is 4.98 Å². The molecule has 5 heteroatoms. The van der Waals surface area contributed by atoms with E-state index in [4.69, 9.17) is 0 Å². The zero-order valence-corrected chi connectivity index (χ0v) is 8.23. The lowest BCUT2D eigenvalue weighted by molar-refractivity contribution is 0.0726. The molecule has 1 aromatic rings. The van der Waals surface area contributed by atoms with E-state index >= 15 is 0 Å². The predicted octanol–water partition coefficient (Wildman–Crippen LogP) is -0.535. The molecule has 1 aromatic heterocycles. The Morgan fingerprint density at radius 2 is 2.21 bits per heavy atom. The minimum Gasteiger partial charge on any atom is -0.335 e. The van der Waals surface area contributed by atoms with Gasteiger partial charge >= 0.3 is 0 Å². The van der Waals surface area contributed by atoms with Crippen LogP contribution in [0.2, 0.25) is 0 Å². The monoisotopic (exact) mass is 194 g/mol. The maximum atomic E-state index is 11.9. The second-order valence-corrected chi connectivity index (χ2v) is 3.43. The molecule has 1 fully saturated rings. The number of rotatable bonds is 1. The van der Waals surface area contributed by atoms with Gasteiger partial charge in [0, 0.05) is 33.2 Å². The number of amides is 1. The van der Waals surface area contributed by atoms with E-state index in [-0.39, 0.29) is 5.91 Å². The largest absolute Gasteiger partial charge is 0.335 e. The molecule has 0 atom stereocenters. The smallest absolute Gasteiger partial charge is 0.272 e. The summed E-state index contributed by atoms with van der Waals surface area (Å²) < 4.78 is 1.75. The number of nitrogens with one attached hydrogen (secondary N) is 1. The van der Waals surface area contributed by atoms with Gasteiger partial charge in [-0.15, -0.1) is 0 Å². The van der Waals surface area contributed by atoms with Crippen LogP contribution in [0.4, 0.5) is 0 Å². The highest BCUT2D eigenvalue weighted by atomic mass is 16.2. The minimum atomic E-state index is 0.0755. The van der Waals surface area contributed by atoms with Crippen molar-refractivity contribution in [3.8, 4) is 0 Å². The average Bonchev–Trinajstić information content (AvgIpc) is 2.65. The molecule has 1 saturated heterocycles. The molecule has 5 nitrogen and oxygen atoms in total. The van der Waals surface area contributed by atoms with Gasteiger partial charge < -0.3 is 14.8 Å². The molecule has 0 saturated carbocycles. The maximum Gasteiger partial charge on any atom is 0.272 e. The van der Waals surface area contributed by atoms with Crippen molar-refractivity contribution >= 4 is 5.91 Å². The van der Waals surface area contributed by atoms with E-state index in [9.17, 15) is 4.79 Å². The summed E-state index contributed by atoms with van der Waals surface area (Å²) in [6, 6.07) is 0. The SMILES string of the molecule is Cn1cncc1C(=O)N1CCNCC1. The van der Waals surface area contributed by atoms with Gasteiger partial charge in [-0.05, 0) is 0 Å². The average molecular weight is 194 g/mol. The Morgan fingerprint density at radius 3 is 2.79 bits per heavy atom. The molecule has 1 amide bonds. The molecule has 0 bridgehead atoms. The van der Waals surface area contributed by atoms with Crippen molar-refractivity contribution in [2.24, 2.45) is 7.05 Å². The Labute approximate surface area is 82.7 Å². The van der Waals surface area contributed by atoms with Crippen molar-refractivity contribution in [2.45, 2.75) is 0 Å². The van der Waals surface area contributed by atoms with E-state index in [1.807, 2.05) is 11.9 Å². The van der Waals surface area contributed by atoms with Crippen molar-refractivity contribution in [1.82, 2.24) is 19.8 Å². The number of piperazine rings is 1. The first-order chi connectivity index (χ1) is 6.79. The maximum absolute atomic E-state index is 11.9. The van der Waals surface area contributed by atoms with E-state index in [2.05, 4.69) is 10.3 Å². The van der Waals surface area contributed by atoms with Crippen LogP contribution in [0.5, 0.6) is 0 Å². The highest BCUT2D eigenvalue weighted by Crippen LogP contribution is 2.03. The summed E-state index contributed by atoms with van der Waals surface area (Å²) in [5, 5.41) is 3.21. The van der Waals surface area contributed by atoms with E-state index in [1.54, 1.807) is 17.1 Å². The summed E-state index contributed by atoms with van der Waals surface area (Å²) in [7, 11) is 1.84. The number of hydrogen-bond acceptors (Lipinski definition) is 3. The number of hydrogen-bond donors (Lipinski definition) is 1. The Kier molecular flexibility index (Phi) is 2.49. The first-order valence-electron chi connectivity index (χ1n) is 4.75. The second-order valence-electron chi connectivity index (χ2n) is 3.43. The molecule has 0 aliphatic carbocycles. The van der Waals surface area contributed by atoms with Crippen molar-refractivity contribution in [3.63, 3.8) is 0 Å². The summed E-state index contributed by atoms with van der Waals surface area (Å²) in [6.07, 6.45) is 3.26. The molecule has 0 radical (unpaired) electrons. The lowest BCUT2D eigenvalue weighted by atomic mass is 10.3. The highest BCUT2D eigenvalue weighted by molar-refractivity contribution is 5.92. The van der Waals surface area contributed by atoms with Gasteiger partial charge in [0.15, 0.2) is 0 Å². The number of nitrogens with zero attached hydrogens (tertiary/aromatic N) is 3. The number of carbonyl (C=O) groups excluding carboxylic acids is 1. The van der Waals surface area contributed by atoms with Crippen molar-refractivity contribution < 1.29 is 4.79 Å². The topological polar surface area (TPSA) is 50.2 Å². The summed E-state index contributed by atoms with van der Waals surface area (Å²) in [5.74, 6) is 0.0755. The molecule has 0 unspecified atom stereocenters. The Balaban J connectivity index is 2.11. The molecule has 1 N–H and O–H groups in total. The lowest BCUT2D eigenvalue weighted by Gasteiger charge is -2.27. The number of carbonyl (C=O) groups is 1. The first-order valence-corrected chi connectivity index (χ1v) is 4.75. The number of aromatic nitrogens is 2. The van der Waals surface area contributed by atoms with Crippen LogP contribution >= 0.6 is 0 Å². The summed E-state index contributed by atoms with van der Waals surface area (Å²) in [5.41, 5.74) is 0.659. The Bertz CT molecular complexity index is 327. The van der Waals surface area contributed by atoms with Crippen LogP contribution in [0.25, 0.3) is 0 Å². The molecule has 2 rings (SSSR count). The summed E-state index contributed by atoms with van der Waals surface area (Å²) >= 11 is 0. The van der Waals surface area contributed by atoms with Crippen LogP contribution in [0, 0.1) is 0 Å². The van der Waals surface area contributed by atoms with Crippen LogP contribution in [0.3, 0.4) is 0 Å². The molecule has 2 heterocycles. The molecule has 1 aliphatic rings. The quantitative estimate of drug-likeness (QED) is 0.653. The zero-order valence-electron chi connectivity index (χ0n) is 8.23. The van der Waals surface area contributed by atoms with E-state index < -0.39 is 0 Å². The van der Waals surface area contributed by atoms with Crippen LogP contribution < -0.4 is 5.32 Å². The lowest BCUT2D eigenvalue weighted by Crippen LogP contribution is -2.46. The third-order valence-corrected chi connectivity index (χ3v) is 2.44. The van der Waals surface area contributed by atoms with Gasteiger partial charge in [0.2, 0.25) is 0 Å². The van der Waals surface area contributed by atoms with Crippen LogP contribution in [0.15, 0.2) is 12.5 Å². The Hall–Kier alpha value is -1.36. The highest BCUT2D eigenvalue weighted by Gasteiger charge is 2.19. The standard InChI is InChI=1S/C9H14N4O/c1-12-7-11-6-8(12)9(14)13-4-2-10-3-5-13/h6-7,10H,2-5H2,1H3. The molecule has 1 aliphatic heterocycles. The fraction of sp³-hybridized carbons (Fsp3) is 0.556. The fourth-order valence-electron chi connectivity index (χ4n) is 1.59. The summed E-state index contributed by atoms with van der Waals surface area (Å²) in [4.78, 5) is 17.7. The molecular formula is C9H14N4O. The van der Waals surface area contributed by atoms with Gasteiger partial charge in [0.05, 0.1) is 12.5 Å². The van der Waals surface area contributed by atoms with Crippen molar-refractivity contribution in [2.75, 3.05) is 26.2 Å². The fourth-order valence-corrected chi connectivity index (χ4v) is 1.59. The van der Waals surface area contributed by atoms with Gasteiger partial charge in [-0.3, -0.25) is 4.79 Å². The summed E-state index contributed by atoms with van der Waals surface area (Å²) in [6.45, 7) is 3.32. The molecular weight excluding hydrogens is 180 g/mol. The van der Waals surface area contributed by atoms with Crippen molar-refractivity contribution in [1.29, 1.82) is 0 Å². The third kappa shape index (κ3) is 1.63. The first kappa shape index (κ1) is 9.21. The Morgan fingerprint density at radius 1 is 1.50 bits per heavy atom. The second kappa shape index (κ2) is 3.79. The van der Waals surface area contributed by atoms with Gasteiger partial charge in [-0.1, -0.05) is 0 Å². The number of imidazole rings is 1.